The molecule has 4 heteroatoms. The number of hydrogen-bond donors (Lipinski definition) is 2. The minimum Gasteiger partial charge on any atom is -0.351 e. The molecule has 1 amide bonds. The van der Waals surface area contributed by atoms with E-state index in [0.29, 0.717) is 6.54 Å². The molecule has 1 atom stereocenters. The number of amides is 1. The molecule has 0 aliphatic carbocycles. The van der Waals surface area contributed by atoms with Crippen molar-refractivity contribution in [2.24, 2.45) is 5.41 Å². The fourth-order valence-electron chi connectivity index (χ4n) is 2.51. The van der Waals surface area contributed by atoms with Gasteiger partial charge < -0.3 is 10.6 Å². The van der Waals surface area contributed by atoms with Crippen LogP contribution in [0.2, 0.25) is 0 Å². The van der Waals surface area contributed by atoms with E-state index in [1.807, 2.05) is 0 Å². The third-order valence-corrected chi connectivity index (χ3v) is 4.71. The Morgan fingerprint density at radius 1 is 1.56 bits per heavy atom. The van der Waals surface area contributed by atoms with Crippen LogP contribution in [-0.4, -0.2) is 18.5 Å². The van der Waals surface area contributed by atoms with E-state index in [4.69, 9.17) is 0 Å². The van der Waals surface area contributed by atoms with E-state index in [1.54, 1.807) is 11.3 Å². The van der Waals surface area contributed by atoms with Crippen molar-refractivity contribution < 1.29 is 4.79 Å². The standard InChI is InChI=1S/C14H22N2OS/c1-10-8-18-9-11(10)7-16-13(17)12-14(2,3)5-4-6-15-12/h8-9,12,15H,4-7H2,1-3H3,(H,16,17). The molecule has 1 unspecified atom stereocenters. The molecule has 1 aliphatic heterocycles. The number of rotatable bonds is 3. The average Bonchev–Trinajstić information content (AvgIpc) is 2.71. The maximum Gasteiger partial charge on any atom is 0.237 e. The number of thiophene rings is 1. The SMILES string of the molecule is Cc1cscc1CNC(=O)C1NCCCC1(C)C. The van der Waals surface area contributed by atoms with Crippen LogP contribution in [-0.2, 0) is 11.3 Å². The van der Waals surface area contributed by atoms with Crippen molar-refractivity contribution in [2.45, 2.75) is 46.2 Å². The smallest absolute Gasteiger partial charge is 0.237 e. The van der Waals surface area contributed by atoms with E-state index in [0.717, 1.165) is 19.4 Å². The van der Waals surface area contributed by atoms with E-state index in [-0.39, 0.29) is 17.4 Å². The quantitative estimate of drug-likeness (QED) is 0.882. The van der Waals surface area contributed by atoms with Gasteiger partial charge in [-0.15, -0.1) is 0 Å². The summed E-state index contributed by atoms with van der Waals surface area (Å²) in [5.74, 6) is 0.130. The Morgan fingerprint density at radius 3 is 2.94 bits per heavy atom. The Morgan fingerprint density at radius 2 is 2.33 bits per heavy atom. The van der Waals surface area contributed by atoms with Crippen LogP contribution < -0.4 is 10.6 Å². The molecule has 1 aromatic rings. The van der Waals surface area contributed by atoms with Crippen LogP contribution in [0.1, 0.15) is 37.8 Å². The van der Waals surface area contributed by atoms with Gasteiger partial charge in [0.25, 0.3) is 0 Å². The van der Waals surface area contributed by atoms with Crippen LogP contribution in [0.15, 0.2) is 10.8 Å². The average molecular weight is 266 g/mol. The highest BCUT2D eigenvalue weighted by Crippen LogP contribution is 2.30. The van der Waals surface area contributed by atoms with Gasteiger partial charge in [0.1, 0.15) is 0 Å². The zero-order valence-corrected chi connectivity index (χ0v) is 12.2. The highest BCUT2D eigenvalue weighted by atomic mass is 32.1. The molecule has 2 N–H and O–H groups in total. The molecular formula is C14H22N2OS. The molecule has 2 heterocycles. The second-order valence-corrected chi connectivity index (χ2v) is 6.52. The molecule has 100 valence electrons. The molecule has 3 nitrogen and oxygen atoms in total. The number of carbonyl (C=O) groups is 1. The van der Waals surface area contributed by atoms with E-state index in [2.05, 4.69) is 42.2 Å². The van der Waals surface area contributed by atoms with Gasteiger partial charge in [-0.05, 0) is 53.6 Å². The van der Waals surface area contributed by atoms with Gasteiger partial charge in [-0.3, -0.25) is 4.79 Å². The van der Waals surface area contributed by atoms with Crippen molar-refractivity contribution in [3.05, 3.63) is 21.9 Å². The van der Waals surface area contributed by atoms with Gasteiger partial charge in [-0.25, -0.2) is 0 Å². The van der Waals surface area contributed by atoms with Crippen LogP contribution in [0.5, 0.6) is 0 Å². The summed E-state index contributed by atoms with van der Waals surface area (Å²) in [7, 11) is 0. The summed E-state index contributed by atoms with van der Waals surface area (Å²) in [6.45, 7) is 8.00. The highest BCUT2D eigenvalue weighted by molar-refractivity contribution is 7.08. The molecule has 1 aliphatic rings. The van der Waals surface area contributed by atoms with Gasteiger partial charge in [-0.1, -0.05) is 13.8 Å². The van der Waals surface area contributed by atoms with Crippen molar-refractivity contribution in [2.75, 3.05) is 6.54 Å². The first-order valence-corrected chi connectivity index (χ1v) is 7.48. The molecule has 2 rings (SSSR count). The summed E-state index contributed by atoms with van der Waals surface area (Å²) in [5, 5.41) is 10.6. The molecule has 0 saturated carbocycles. The summed E-state index contributed by atoms with van der Waals surface area (Å²) >= 11 is 1.69. The first-order chi connectivity index (χ1) is 8.50. The van der Waals surface area contributed by atoms with E-state index >= 15 is 0 Å². The van der Waals surface area contributed by atoms with Crippen molar-refractivity contribution in [1.29, 1.82) is 0 Å². The molecule has 1 aromatic heterocycles. The monoisotopic (exact) mass is 266 g/mol. The molecule has 1 fully saturated rings. The van der Waals surface area contributed by atoms with Crippen LogP contribution in [0.4, 0.5) is 0 Å². The minimum absolute atomic E-state index is 0.0476. The Hall–Kier alpha value is -0.870. The summed E-state index contributed by atoms with van der Waals surface area (Å²) < 4.78 is 0. The van der Waals surface area contributed by atoms with E-state index < -0.39 is 0 Å². The number of aryl methyl sites for hydroxylation is 1. The lowest BCUT2D eigenvalue weighted by Crippen LogP contribution is -2.55. The van der Waals surface area contributed by atoms with Crippen LogP contribution in [0.3, 0.4) is 0 Å². The van der Waals surface area contributed by atoms with Crippen LogP contribution >= 0.6 is 11.3 Å². The zero-order chi connectivity index (χ0) is 13.2. The second kappa shape index (κ2) is 5.41. The van der Waals surface area contributed by atoms with E-state index in [9.17, 15) is 4.79 Å². The van der Waals surface area contributed by atoms with Crippen LogP contribution in [0.25, 0.3) is 0 Å². The summed E-state index contributed by atoms with van der Waals surface area (Å²) in [4.78, 5) is 12.3. The van der Waals surface area contributed by atoms with Gasteiger partial charge in [0.15, 0.2) is 0 Å². The van der Waals surface area contributed by atoms with Crippen molar-refractivity contribution in [3.8, 4) is 0 Å². The fourth-order valence-corrected chi connectivity index (χ4v) is 3.37. The van der Waals surface area contributed by atoms with Crippen molar-refractivity contribution >= 4 is 17.2 Å². The predicted octanol–water partition coefficient (Wildman–Crippen LogP) is 2.45. The molecule has 0 bridgehead atoms. The first-order valence-electron chi connectivity index (χ1n) is 6.53. The number of carbonyl (C=O) groups excluding carboxylic acids is 1. The Bertz CT molecular complexity index is 425. The number of nitrogens with one attached hydrogen (secondary N) is 2. The third-order valence-electron chi connectivity index (χ3n) is 3.80. The maximum atomic E-state index is 12.3. The molecule has 0 aromatic carbocycles. The normalized spacial score (nSPS) is 22.7. The van der Waals surface area contributed by atoms with Gasteiger partial charge in [0, 0.05) is 6.54 Å². The lowest BCUT2D eigenvalue weighted by Gasteiger charge is -2.38. The number of piperidine rings is 1. The van der Waals surface area contributed by atoms with Gasteiger partial charge >= 0.3 is 0 Å². The van der Waals surface area contributed by atoms with E-state index in [1.165, 1.54) is 11.1 Å². The Balaban J connectivity index is 1.93. The van der Waals surface area contributed by atoms with Gasteiger partial charge in [-0.2, -0.15) is 11.3 Å². The Labute approximate surface area is 113 Å². The largest absolute Gasteiger partial charge is 0.351 e. The predicted molar refractivity (Wildman–Crippen MR) is 75.7 cm³/mol. The molecule has 1 saturated heterocycles. The van der Waals surface area contributed by atoms with Crippen LogP contribution in [0, 0.1) is 12.3 Å². The fraction of sp³-hybridized carbons (Fsp3) is 0.643. The molecular weight excluding hydrogens is 244 g/mol. The van der Waals surface area contributed by atoms with Crippen molar-refractivity contribution in [1.82, 2.24) is 10.6 Å². The molecule has 18 heavy (non-hydrogen) atoms. The summed E-state index contributed by atoms with van der Waals surface area (Å²) in [5.41, 5.74) is 2.53. The lowest BCUT2D eigenvalue weighted by atomic mass is 9.77. The van der Waals surface area contributed by atoms with Gasteiger partial charge in [0.05, 0.1) is 6.04 Å². The van der Waals surface area contributed by atoms with Gasteiger partial charge in [0.2, 0.25) is 5.91 Å². The highest BCUT2D eigenvalue weighted by Gasteiger charge is 2.36. The topological polar surface area (TPSA) is 41.1 Å². The third kappa shape index (κ3) is 2.93. The summed E-state index contributed by atoms with van der Waals surface area (Å²) in [6.07, 6.45) is 2.26. The zero-order valence-electron chi connectivity index (χ0n) is 11.4. The Kier molecular flexibility index (Phi) is 4.07. The minimum atomic E-state index is -0.0646. The van der Waals surface area contributed by atoms with Crippen molar-refractivity contribution in [3.63, 3.8) is 0 Å². The first kappa shape index (κ1) is 13.6. The lowest BCUT2D eigenvalue weighted by molar-refractivity contribution is -0.126. The number of hydrogen-bond acceptors (Lipinski definition) is 3. The second-order valence-electron chi connectivity index (χ2n) is 5.78. The molecule has 0 spiro atoms. The summed E-state index contributed by atoms with van der Waals surface area (Å²) in [6, 6.07) is -0.0646. The maximum absolute atomic E-state index is 12.3. The molecule has 0 radical (unpaired) electrons.